The molecule has 9 N–H and O–H groups in total. The molecular weight excluding hydrogens is 613 g/mol. The number of nitrogens with two attached hydrogens (primary N) is 2. The van der Waals surface area contributed by atoms with Crippen LogP contribution in [0.25, 0.3) is 11.2 Å². The Kier molecular flexibility index (Phi) is 9.63. The monoisotopic (exact) mass is 647 g/mol. The molecule has 3 aliphatic heterocycles. The fraction of sp³-hybridized carbons (Fsp3) is 0.682. The number of aliphatic hydroxyl groups is 3. The van der Waals surface area contributed by atoms with Crippen LogP contribution in [0.1, 0.15) is 20.1 Å². The number of aliphatic imine (C=N–C) groups is 2. The lowest BCUT2D eigenvalue weighted by atomic mass is 10.1. The van der Waals surface area contributed by atoms with Gasteiger partial charge in [0.25, 0.3) is 5.56 Å². The first-order chi connectivity index (χ1) is 21.0. The number of ether oxygens (including phenoxy) is 4. The van der Waals surface area contributed by atoms with Crippen LogP contribution in [0.5, 0.6) is 0 Å². The van der Waals surface area contributed by atoms with E-state index in [2.05, 4.69) is 24.9 Å². The van der Waals surface area contributed by atoms with Crippen molar-refractivity contribution in [2.24, 2.45) is 15.7 Å². The molecule has 0 spiro atoms. The summed E-state index contributed by atoms with van der Waals surface area (Å²) in [5.74, 6) is -0.350. The van der Waals surface area contributed by atoms with Gasteiger partial charge in [0, 0.05) is 13.2 Å². The highest BCUT2D eigenvalue weighted by Gasteiger charge is 2.53. The number of nitrogens with zero attached hydrogens (tertiary/aromatic N) is 6. The molecule has 2 saturated heterocycles. The van der Waals surface area contributed by atoms with Crippen LogP contribution in [0.3, 0.4) is 0 Å². The van der Waals surface area contributed by atoms with Crippen LogP contribution in [0, 0.1) is 0 Å². The molecule has 0 amide bonds. The molecule has 2 fully saturated rings. The number of hydrogen-bond acceptors (Lipinski definition) is 18. The SMILES string of the molecule is CCOC1C(OP(=O)(O)OC[C@H]2O[C@@H](n3cnc4c(=O)[nH]c(N)nc43)[C@@H](OCC)C2O)[C@@H](CO)O[C@H]1N1C=NC(N)=NC1O. The molecule has 0 radical (unpaired) electrons. The van der Waals surface area contributed by atoms with Crippen LogP contribution in [-0.2, 0) is 32.6 Å². The van der Waals surface area contributed by atoms with Gasteiger partial charge < -0.3 is 50.6 Å². The Labute approximate surface area is 248 Å². The number of guanidine groups is 1. The molecule has 22 heteroatoms. The Morgan fingerprint density at radius 1 is 1.09 bits per heavy atom. The molecule has 0 saturated carbocycles. The lowest BCUT2D eigenvalue weighted by Gasteiger charge is -2.33. The number of anilines is 1. The summed E-state index contributed by atoms with van der Waals surface area (Å²) < 4.78 is 48.2. The van der Waals surface area contributed by atoms with Crippen molar-refractivity contribution in [3.8, 4) is 0 Å². The van der Waals surface area contributed by atoms with E-state index in [4.69, 9.17) is 39.5 Å². The quantitative estimate of drug-likeness (QED) is 0.112. The van der Waals surface area contributed by atoms with Gasteiger partial charge in [-0.3, -0.25) is 28.3 Å². The van der Waals surface area contributed by atoms with Crippen molar-refractivity contribution >= 4 is 37.2 Å². The van der Waals surface area contributed by atoms with E-state index in [1.165, 1.54) is 10.9 Å². The maximum atomic E-state index is 13.1. The second-order valence-corrected chi connectivity index (χ2v) is 11.2. The van der Waals surface area contributed by atoms with E-state index >= 15 is 0 Å². The Hall–Kier alpha value is -3.08. The molecule has 5 rings (SSSR count). The molecule has 2 aromatic rings. The van der Waals surface area contributed by atoms with Crippen LogP contribution in [0.15, 0.2) is 21.1 Å². The normalized spacial score (nSPS) is 33.6. The standard InChI is InChI=1S/C22H34N9O12P/c1-3-38-14-12(33)10(42-18(14)30-7-25-11-16(30)27-21(24)28-17(11)34)6-40-44(36,37)43-13-9(5-32)41-19(15(13)39-4-2)31-8-26-20(23)29-22(31)35/h7-10,12-15,18-19,22,32-33,35H,3-6H2,1-2H3,(H2,23,29)(H,36,37)(H3,24,27,28,34)/t9-,10-,12?,13?,14+,15?,18-,19-,22?/m1/s1. The van der Waals surface area contributed by atoms with Crippen LogP contribution < -0.4 is 17.0 Å². The number of phosphoric ester groups is 1. The highest BCUT2D eigenvalue weighted by molar-refractivity contribution is 7.47. The first kappa shape index (κ1) is 32.3. The molecule has 21 nitrogen and oxygen atoms in total. The van der Waals surface area contributed by atoms with Gasteiger partial charge in [-0.2, -0.15) is 9.98 Å². The molecule has 0 aliphatic carbocycles. The van der Waals surface area contributed by atoms with Gasteiger partial charge in [0.2, 0.25) is 18.3 Å². The fourth-order valence-electron chi connectivity index (χ4n) is 5.13. The van der Waals surface area contributed by atoms with Gasteiger partial charge in [0.05, 0.1) is 19.5 Å². The molecule has 5 unspecified atom stereocenters. The lowest BCUT2D eigenvalue weighted by Crippen LogP contribution is -2.51. The van der Waals surface area contributed by atoms with E-state index in [0.29, 0.717) is 0 Å². The predicted octanol–water partition coefficient (Wildman–Crippen LogP) is -3.08. The van der Waals surface area contributed by atoms with Crippen molar-refractivity contribution in [2.75, 3.05) is 32.2 Å². The Balaban J connectivity index is 1.30. The molecule has 5 heterocycles. The zero-order chi connectivity index (χ0) is 31.8. The van der Waals surface area contributed by atoms with Gasteiger partial charge in [0.1, 0.15) is 43.0 Å². The molecule has 44 heavy (non-hydrogen) atoms. The summed E-state index contributed by atoms with van der Waals surface area (Å²) in [4.78, 5) is 42.1. The van der Waals surface area contributed by atoms with Crippen LogP contribution in [0.4, 0.5) is 5.95 Å². The van der Waals surface area contributed by atoms with Crippen molar-refractivity contribution in [3.63, 3.8) is 0 Å². The third-order valence-electron chi connectivity index (χ3n) is 7.01. The smallest absolute Gasteiger partial charge is 0.394 e. The molecule has 10 atom stereocenters. The average Bonchev–Trinajstić information content (AvgIpc) is 3.62. The van der Waals surface area contributed by atoms with Gasteiger partial charge in [-0.1, -0.05) is 0 Å². The summed E-state index contributed by atoms with van der Waals surface area (Å²) in [5.41, 5.74) is 10.7. The van der Waals surface area contributed by atoms with Gasteiger partial charge in [-0.25, -0.2) is 14.5 Å². The zero-order valence-electron chi connectivity index (χ0n) is 23.5. The first-order valence-electron chi connectivity index (χ1n) is 13.5. The van der Waals surface area contributed by atoms with Crippen molar-refractivity contribution < 1.29 is 52.8 Å². The number of fused-ring (bicyclic) bond motifs is 1. The average molecular weight is 648 g/mol. The second-order valence-electron chi connectivity index (χ2n) is 9.78. The summed E-state index contributed by atoms with van der Waals surface area (Å²) in [7, 11) is -4.95. The Bertz CT molecular complexity index is 1490. The van der Waals surface area contributed by atoms with Crippen molar-refractivity contribution in [1.82, 2.24) is 24.4 Å². The Morgan fingerprint density at radius 2 is 1.80 bits per heavy atom. The molecular formula is C22H34N9O12P. The topological polar surface area (TPSA) is 297 Å². The van der Waals surface area contributed by atoms with Crippen molar-refractivity contribution in [3.05, 3.63) is 16.7 Å². The number of rotatable bonds is 12. The van der Waals surface area contributed by atoms with E-state index in [-0.39, 0.29) is 36.3 Å². The third-order valence-corrected chi connectivity index (χ3v) is 7.99. The minimum absolute atomic E-state index is 0.0292. The minimum atomic E-state index is -4.95. The maximum absolute atomic E-state index is 13.1. The van der Waals surface area contributed by atoms with Gasteiger partial charge in [-0.05, 0) is 13.8 Å². The maximum Gasteiger partial charge on any atom is 0.472 e. The fourth-order valence-corrected chi connectivity index (χ4v) is 6.09. The zero-order valence-corrected chi connectivity index (χ0v) is 24.4. The molecule has 0 bridgehead atoms. The van der Waals surface area contributed by atoms with Crippen molar-refractivity contribution in [2.45, 2.75) is 69.3 Å². The number of phosphoric acid groups is 1. The summed E-state index contributed by atoms with van der Waals surface area (Å²) in [6.45, 7) is 2.31. The minimum Gasteiger partial charge on any atom is -0.394 e. The van der Waals surface area contributed by atoms with E-state index in [9.17, 15) is 29.6 Å². The van der Waals surface area contributed by atoms with E-state index < -0.39 is 82.0 Å². The predicted molar refractivity (Wildman–Crippen MR) is 148 cm³/mol. The van der Waals surface area contributed by atoms with Crippen LogP contribution >= 0.6 is 7.82 Å². The third kappa shape index (κ3) is 6.34. The number of aliphatic hydroxyl groups excluding tert-OH is 3. The van der Waals surface area contributed by atoms with E-state index in [0.717, 1.165) is 11.2 Å². The molecule has 0 aromatic carbocycles. The molecule has 244 valence electrons. The number of hydrogen-bond donors (Lipinski definition) is 7. The number of H-pyrrole nitrogens is 1. The van der Waals surface area contributed by atoms with Gasteiger partial charge in [-0.15, -0.1) is 0 Å². The second kappa shape index (κ2) is 13.1. The molecule has 3 aliphatic rings. The number of aromatic nitrogens is 4. The summed E-state index contributed by atoms with van der Waals surface area (Å²) >= 11 is 0. The summed E-state index contributed by atoms with van der Waals surface area (Å²) in [6, 6.07) is 0. The van der Waals surface area contributed by atoms with E-state index in [1.54, 1.807) is 13.8 Å². The van der Waals surface area contributed by atoms with Gasteiger partial charge in [0.15, 0.2) is 23.6 Å². The van der Waals surface area contributed by atoms with Crippen molar-refractivity contribution in [1.29, 1.82) is 0 Å². The Morgan fingerprint density at radius 3 is 2.48 bits per heavy atom. The summed E-state index contributed by atoms with van der Waals surface area (Å²) in [5, 5.41) is 31.3. The molecule has 2 aromatic heterocycles. The lowest BCUT2D eigenvalue weighted by molar-refractivity contribution is -0.127. The largest absolute Gasteiger partial charge is 0.472 e. The van der Waals surface area contributed by atoms with E-state index in [1.807, 2.05) is 0 Å². The highest BCUT2D eigenvalue weighted by Crippen LogP contribution is 2.49. The number of imidazole rings is 1. The highest BCUT2D eigenvalue weighted by atomic mass is 31.2. The van der Waals surface area contributed by atoms with Crippen LogP contribution in [0.2, 0.25) is 0 Å². The number of aromatic amines is 1. The first-order valence-corrected chi connectivity index (χ1v) is 15.0. The number of nitrogens with one attached hydrogen (secondary N) is 1. The van der Waals surface area contributed by atoms with Crippen LogP contribution in [-0.4, -0.2) is 133 Å². The van der Waals surface area contributed by atoms with Gasteiger partial charge >= 0.3 is 7.82 Å². The number of nitrogen functional groups attached to an aromatic ring is 1. The summed E-state index contributed by atoms with van der Waals surface area (Å²) in [6.07, 6.45) is -8.62.